The lowest BCUT2D eigenvalue weighted by molar-refractivity contribution is -0.0353. The maximum atomic E-state index is 9.90. The second-order valence-electron chi connectivity index (χ2n) is 4.74. The van der Waals surface area contributed by atoms with Gasteiger partial charge in [0.25, 0.3) is 0 Å². The van der Waals surface area contributed by atoms with Crippen LogP contribution in [0.25, 0.3) is 0 Å². The molecule has 1 heterocycles. The van der Waals surface area contributed by atoms with Gasteiger partial charge in [-0.1, -0.05) is 0 Å². The van der Waals surface area contributed by atoms with Crippen LogP contribution < -0.4 is 0 Å². The quantitative estimate of drug-likeness (QED) is 0.623. The highest BCUT2D eigenvalue weighted by Gasteiger charge is 2.35. The molecule has 0 radical (unpaired) electrons. The highest BCUT2D eigenvalue weighted by Crippen LogP contribution is 2.38. The number of ether oxygens (including phenoxy) is 1. The van der Waals surface area contributed by atoms with Crippen molar-refractivity contribution in [1.82, 2.24) is 0 Å². The van der Waals surface area contributed by atoms with Gasteiger partial charge in [-0.05, 0) is 38.7 Å². The van der Waals surface area contributed by atoms with Gasteiger partial charge in [0.15, 0.2) is 0 Å². The third-order valence-corrected chi connectivity index (χ3v) is 2.94. The first-order valence-corrected chi connectivity index (χ1v) is 5.17. The third-order valence-electron chi connectivity index (χ3n) is 2.94. The van der Waals surface area contributed by atoms with Crippen LogP contribution in [0.15, 0.2) is 11.3 Å². The van der Waals surface area contributed by atoms with E-state index >= 15 is 0 Å². The highest BCUT2D eigenvalue weighted by atomic mass is 16.5. The lowest BCUT2D eigenvalue weighted by atomic mass is 9.85. The summed E-state index contributed by atoms with van der Waals surface area (Å²) in [5, 5.41) is 9.90. The number of hydrogen-bond acceptors (Lipinski definition) is 2. The molecule has 0 spiro atoms. The monoisotopic (exact) mass is 182 g/mol. The first kappa shape index (κ1) is 9.07. The van der Waals surface area contributed by atoms with Gasteiger partial charge in [-0.15, -0.1) is 0 Å². The Morgan fingerprint density at radius 1 is 1.31 bits per heavy atom. The predicted octanol–water partition coefficient (Wildman–Crippen LogP) is 2.37. The number of hydrogen-bond donors (Lipinski definition) is 1. The normalized spacial score (nSPS) is 32.4. The van der Waals surface area contributed by atoms with Crippen molar-refractivity contribution in [3.05, 3.63) is 11.3 Å². The molecule has 0 unspecified atom stereocenters. The summed E-state index contributed by atoms with van der Waals surface area (Å²) in [7, 11) is 0. The number of aliphatic hydroxyl groups excluding tert-OH is 1. The average Bonchev–Trinajstić information content (AvgIpc) is 2.02. The second kappa shape index (κ2) is 3.02. The molecule has 1 aliphatic carbocycles. The number of rotatable bonds is 0. The number of allylic oxidation sites excluding steroid dienone is 1. The lowest BCUT2D eigenvalue weighted by Gasteiger charge is -2.39. The molecule has 74 valence electrons. The van der Waals surface area contributed by atoms with Crippen molar-refractivity contribution in [2.24, 2.45) is 0 Å². The van der Waals surface area contributed by atoms with Crippen molar-refractivity contribution in [3.8, 4) is 0 Å². The Labute approximate surface area is 79.6 Å². The van der Waals surface area contributed by atoms with Gasteiger partial charge in [-0.3, -0.25) is 0 Å². The van der Waals surface area contributed by atoms with E-state index in [1.165, 1.54) is 18.4 Å². The summed E-state index contributed by atoms with van der Waals surface area (Å²) < 4.78 is 5.87. The van der Waals surface area contributed by atoms with Crippen LogP contribution in [0.3, 0.4) is 0 Å². The first-order chi connectivity index (χ1) is 6.08. The van der Waals surface area contributed by atoms with Crippen LogP contribution in [0.5, 0.6) is 0 Å². The van der Waals surface area contributed by atoms with Gasteiger partial charge >= 0.3 is 0 Å². The molecule has 0 aromatic rings. The topological polar surface area (TPSA) is 29.5 Å². The van der Waals surface area contributed by atoms with Crippen LogP contribution in [-0.2, 0) is 4.74 Å². The van der Waals surface area contributed by atoms with E-state index in [-0.39, 0.29) is 11.7 Å². The van der Waals surface area contributed by atoms with Crippen molar-refractivity contribution in [2.75, 3.05) is 0 Å². The van der Waals surface area contributed by atoms with E-state index in [1.807, 2.05) is 0 Å². The standard InChI is InChI=1S/C11H18O2/c1-11(2)7-9(12)8-5-3-4-6-10(8)13-11/h9,12H,3-7H2,1-2H3/t9-/m0/s1. The van der Waals surface area contributed by atoms with Crippen LogP contribution in [0.2, 0.25) is 0 Å². The Hall–Kier alpha value is -0.500. The Bertz CT molecular complexity index is 240. The summed E-state index contributed by atoms with van der Waals surface area (Å²) in [6, 6.07) is 0. The fourth-order valence-corrected chi connectivity index (χ4v) is 2.33. The summed E-state index contributed by atoms with van der Waals surface area (Å²) >= 11 is 0. The van der Waals surface area contributed by atoms with E-state index in [0.29, 0.717) is 0 Å². The molecule has 1 aliphatic heterocycles. The largest absolute Gasteiger partial charge is 0.492 e. The van der Waals surface area contributed by atoms with Crippen LogP contribution in [0, 0.1) is 0 Å². The fourth-order valence-electron chi connectivity index (χ4n) is 2.33. The van der Waals surface area contributed by atoms with Gasteiger partial charge in [-0.25, -0.2) is 0 Å². The minimum atomic E-state index is -0.251. The fraction of sp³-hybridized carbons (Fsp3) is 0.818. The molecule has 0 saturated heterocycles. The van der Waals surface area contributed by atoms with Gasteiger partial charge in [-0.2, -0.15) is 0 Å². The molecule has 1 N–H and O–H groups in total. The maximum absolute atomic E-state index is 9.90. The zero-order chi connectivity index (χ0) is 9.47. The molecule has 2 aliphatic rings. The van der Waals surface area contributed by atoms with E-state index in [2.05, 4.69) is 13.8 Å². The lowest BCUT2D eigenvalue weighted by Crippen LogP contribution is -2.37. The summed E-state index contributed by atoms with van der Waals surface area (Å²) in [4.78, 5) is 0. The third kappa shape index (κ3) is 1.73. The van der Waals surface area contributed by atoms with Gasteiger partial charge in [0.05, 0.1) is 11.9 Å². The van der Waals surface area contributed by atoms with E-state index in [9.17, 15) is 5.11 Å². The zero-order valence-corrected chi connectivity index (χ0v) is 8.47. The Morgan fingerprint density at radius 3 is 2.77 bits per heavy atom. The minimum absolute atomic E-state index is 0.171. The van der Waals surface area contributed by atoms with Crippen molar-refractivity contribution in [3.63, 3.8) is 0 Å². The number of aliphatic hydroxyl groups is 1. The molecular weight excluding hydrogens is 164 g/mol. The summed E-state index contributed by atoms with van der Waals surface area (Å²) in [5.41, 5.74) is 1.00. The van der Waals surface area contributed by atoms with E-state index < -0.39 is 0 Å². The van der Waals surface area contributed by atoms with E-state index in [1.54, 1.807) is 0 Å². The van der Waals surface area contributed by atoms with Crippen molar-refractivity contribution in [1.29, 1.82) is 0 Å². The zero-order valence-electron chi connectivity index (χ0n) is 8.47. The van der Waals surface area contributed by atoms with Crippen LogP contribution in [0.1, 0.15) is 46.0 Å². The van der Waals surface area contributed by atoms with Gasteiger partial charge in [0.2, 0.25) is 0 Å². The summed E-state index contributed by atoms with van der Waals surface area (Å²) in [6.07, 6.45) is 4.97. The van der Waals surface area contributed by atoms with Gasteiger partial charge in [0.1, 0.15) is 5.60 Å². The Morgan fingerprint density at radius 2 is 2.00 bits per heavy atom. The molecule has 2 heteroatoms. The molecule has 0 amide bonds. The average molecular weight is 182 g/mol. The molecule has 0 fully saturated rings. The van der Waals surface area contributed by atoms with Crippen molar-refractivity contribution < 1.29 is 9.84 Å². The maximum Gasteiger partial charge on any atom is 0.106 e. The molecule has 0 aromatic heterocycles. The summed E-state index contributed by atoms with van der Waals surface area (Å²) in [6.45, 7) is 4.10. The van der Waals surface area contributed by atoms with Gasteiger partial charge in [0, 0.05) is 12.8 Å². The van der Waals surface area contributed by atoms with Crippen molar-refractivity contribution in [2.45, 2.75) is 57.7 Å². The SMILES string of the molecule is CC1(C)C[C@H](O)C2=C(CCCC2)O1. The smallest absolute Gasteiger partial charge is 0.106 e. The molecule has 1 atom stereocenters. The van der Waals surface area contributed by atoms with Crippen LogP contribution in [-0.4, -0.2) is 16.8 Å². The molecule has 0 saturated carbocycles. The van der Waals surface area contributed by atoms with Gasteiger partial charge < -0.3 is 9.84 Å². The molecule has 0 aromatic carbocycles. The minimum Gasteiger partial charge on any atom is -0.492 e. The molecule has 13 heavy (non-hydrogen) atoms. The molecule has 0 bridgehead atoms. The Kier molecular flexibility index (Phi) is 2.11. The predicted molar refractivity (Wildman–Crippen MR) is 51.3 cm³/mol. The van der Waals surface area contributed by atoms with E-state index in [4.69, 9.17) is 4.74 Å². The first-order valence-electron chi connectivity index (χ1n) is 5.17. The molecule has 2 nitrogen and oxygen atoms in total. The molecule has 2 rings (SSSR count). The summed E-state index contributed by atoms with van der Waals surface area (Å²) in [5.74, 6) is 1.08. The van der Waals surface area contributed by atoms with E-state index in [0.717, 1.165) is 25.0 Å². The van der Waals surface area contributed by atoms with Crippen molar-refractivity contribution >= 4 is 0 Å². The second-order valence-corrected chi connectivity index (χ2v) is 4.74. The van der Waals surface area contributed by atoms with Crippen LogP contribution >= 0.6 is 0 Å². The van der Waals surface area contributed by atoms with Crippen LogP contribution in [0.4, 0.5) is 0 Å². The Balaban J connectivity index is 2.25. The molecular formula is C11H18O2. The highest BCUT2D eigenvalue weighted by molar-refractivity contribution is 5.20.